The summed E-state index contributed by atoms with van der Waals surface area (Å²) >= 11 is 0. The molecular weight excluding hydrogens is 370 g/mol. The highest BCUT2D eigenvalue weighted by Gasteiger charge is 2.20. The molecule has 0 aliphatic carbocycles. The van der Waals surface area contributed by atoms with Crippen LogP contribution in [0.4, 0.5) is 5.69 Å². The summed E-state index contributed by atoms with van der Waals surface area (Å²) in [6.45, 7) is 3.59. The fraction of sp³-hybridized carbons (Fsp3) is 0.222. The lowest BCUT2D eigenvalue weighted by molar-refractivity contribution is 0.0938. The van der Waals surface area contributed by atoms with Crippen LogP contribution in [0, 0.1) is 0 Å². The number of rotatable bonds is 7. The fourth-order valence-electron chi connectivity index (χ4n) is 2.29. The molecule has 0 spiro atoms. The SMILES string of the molecule is COc1ccc(S(=O)(=O)Nc2ccc(C(N)=O)cc2)cc1C(=O)NC(C)C. The van der Waals surface area contributed by atoms with Crippen molar-refractivity contribution in [3.05, 3.63) is 53.6 Å². The molecule has 144 valence electrons. The third kappa shape index (κ3) is 4.98. The zero-order valence-electron chi connectivity index (χ0n) is 15.1. The zero-order chi connectivity index (χ0) is 20.2. The average Bonchev–Trinajstić information content (AvgIpc) is 2.60. The molecule has 0 aliphatic heterocycles. The number of nitrogens with two attached hydrogens (primary N) is 1. The Labute approximate surface area is 157 Å². The molecule has 0 saturated carbocycles. The van der Waals surface area contributed by atoms with Gasteiger partial charge in [0.05, 0.1) is 17.6 Å². The van der Waals surface area contributed by atoms with E-state index in [4.69, 9.17) is 10.5 Å². The van der Waals surface area contributed by atoms with Crippen LogP contribution in [0.2, 0.25) is 0 Å². The van der Waals surface area contributed by atoms with E-state index in [2.05, 4.69) is 10.0 Å². The van der Waals surface area contributed by atoms with E-state index in [1.165, 1.54) is 49.6 Å². The number of anilines is 1. The molecule has 0 aromatic heterocycles. The molecule has 2 amide bonds. The molecule has 8 nitrogen and oxygen atoms in total. The van der Waals surface area contributed by atoms with Crippen LogP contribution in [0.1, 0.15) is 34.6 Å². The van der Waals surface area contributed by atoms with Crippen LogP contribution < -0.4 is 20.5 Å². The highest BCUT2D eigenvalue weighted by molar-refractivity contribution is 7.92. The molecule has 2 aromatic rings. The number of nitrogens with one attached hydrogen (secondary N) is 2. The van der Waals surface area contributed by atoms with Crippen LogP contribution >= 0.6 is 0 Å². The van der Waals surface area contributed by atoms with E-state index in [1.807, 2.05) is 0 Å². The Morgan fingerprint density at radius 2 is 1.70 bits per heavy atom. The summed E-state index contributed by atoms with van der Waals surface area (Å²) in [6, 6.07) is 9.55. The summed E-state index contributed by atoms with van der Waals surface area (Å²) in [5.74, 6) is -0.789. The number of benzene rings is 2. The van der Waals surface area contributed by atoms with Gasteiger partial charge in [-0.05, 0) is 56.3 Å². The van der Waals surface area contributed by atoms with E-state index in [-0.39, 0.29) is 33.5 Å². The predicted molar refractivity (Wildman–Crippen MR) is 101 cm³/mol. The standard InChI is InChI=1S/C18H21N3O5S/c1-11(2)20-18(23)15-10-14(8-9-16(15)26-3)27(24,25)21-13-6-4-12(5-7-13)17(19)22/h4-11,21H,1-3H3,(H2,19,22)(H,20,23). The predicted octanol–water partition coefficient (Wildman–Crippen LogP) is 1.73. The molecule has 27 heavy (non-hydrogen) atoms. The Bertz CT molecular complexity index is 953. The van der Waals surface area contributed by atoms with Gasteiger partial charge in [-0.1, -0.05) is 0 Å². The van der Waals surface area contributed by atoms with Crippen molar-refractivity contribution < 1.29 is 22.7 Å². The Kier molecular flexibility index (Phi) is 6.06. The first-order valence-electron chi connectivity index (χ1n) is 8.05. The van der Waals surface area contributed by atoms with Gasteiger partial charge in [0.15, 0.2) is 0 Å². The normalized spacial score (nSPS) is 11.1. The van der Waals surface area contributed by atoms with E-state index >= 15 is 0 Å². The first-order chi connectivity index (χ1) is 12.6. The maximum Gasteiger partial charge on any atom is 0.261 e. The first kappa shape index (κ1) is 20.2. The van der Waals surface area contributed by atoms with Gasteiger partial charge in [0, 0.05) is 17.3 Å². The summed E-state index contributed by atoms with van der Waals surface area (Å²) in [5.41, 5.74) is 5.78. The highest BCUT2D eigenvalue weighted by atomic mass is 32.2. The van der Waals surface area contributed by atoms with Crippen molar-refractivity contribution in [3.63, 3.8) is 0 Å². The molecule has 2 rings (SSSR count). The maximum absolute atomic E-state index is 12.6. The second-order valence-corrected chi connectivity index (χ2v) is 7.72. The summed E-state index contributed by atoms with van der Waals surface area (Å²) in [5, 5.41) is 2.70. The maximum atomic E-state index is 12.6. The number of amides is 2. The van der Waals surface area contributed by atoms with Crippen molar-refractivity contribution >= 4 is 27.5 Å². The molecule has 0 radical (unpaired) electrons. The molecule has 0 heterocycles. The van der Waals surface area contributed by atoms with Gasteiger partial charge in [-0.3, -0.25) is 14.3 Å². The van der Waals surface area contributed by atoms with Crippen LogP contribution in [0.25, 0.3) is 0 Å². The summed E-state index contributed by atoms with van der Waals surface area (Å²) in [4.78, 5) is 23.3. The van der Waals surface area contributed by atoms with Gasteiger partial charge >= 0.3 is 0 Å². The monoisotopic (exact) mass is 391 g/mol. The topological polar surface area (TPSA) is 128 Å². The van der Waals surface area contributed by atoms with Crippen molar-refractivity contribution in [2.24, 2.45) is 5.73 Å². The average molecular weight is 391 g/mol. The van der Waals surface area contributed by atoms with Crippen molar-refractivity contribution in [3.8, 4) is 5.75 Å². The van der Waals surface area contributed by atoms with E-state index in [0.717, 1.165) is 0 Å². The van der Waals surface area contributed by atoms with Gasteiger partial charge in [-0.2, -0.15) is 0 Å². The second kappa shape index (κ2) is 8.09. The number of primary amides is 1. The van der Waals surface area contributed by atoms with Gasteiger partial charge in [0.2, 0.25) is 5.91 Å². The van der Waals surface area contributed by atoms with Gasteiger partial charge in [-0.25, -0.2) is 8.42 Å². The number of methoxy groups -OCH3 is 1. The Hall–Kier alpha value is -3.07. The molecule has 0 unspecified atom stereocenters. The fourth-order valence-corrected chi connectivity index (χ4v) is 3.37. The van der Waals surface area contributed by atoms with Crippen LogP contribution in [0.15, 0.2) is 47.4 Å². The second-order valence-electron chi connectivity index (χ2n) is 6.04. The van der Waals surface area contributed by atoms with Crippen molar-refractivity contribution in [2.75, 3.05) is 11.8 Å². The largest absolute Gasteiger partial charge is 0.496 e. The molecule has 0 bridgehead atoms. The van der Waals surface area contributed by atoms with Crippen LogP contribution in [0.3, 0.4) is 0 Å². The van der Waals surface area contributed by atoms with Crippen LogP contribution in [-0.2, 0) is 10.0 Å². The Balaban J connectivity index is 2.34. The van der Waals surface area contributed by atoms with E-state index in [0.29, 0.717) is 0 Å². The molecule has 2 aromatic carbocycles. The lowest BCUT2D eigenvalue weighted by atomic mass is 10.2. The van der Waals surface area contributed by atoms with Gasteiger partial charge in [-0.15, -0.1) is 0 Å². The lowest BCUT2D eigenvalue weighted by Gasteiger charge is -2.14. The third-order valence-electron chi connectivity index (χ3n) is 3.57. The molecule has 0 fully saturated rings. The number of hydrogen-bond acceptors (Lipinski definition) is 5. The van der Waals surface area contributed by atoms with Crippen molar-refractivity contribution in [2.45, 2.75) is 24.8 Å². The van der Waals surface area contributed by atoms with Crippen LogP contribution in [-0.4, -0.2) is 33.4 Å². The quantitative estimate of drug-likeness (QED) is 0.662. The van der Waals surface area contributed by atoms with Gasteiger partial charge < -0.3 is 15.8 Å². The molecule has 0 saturated heterocycles. The summed E-state index contributed by atoms with van der Waals surface area (Å²) < 4.78 is 32.8. The van der Waals surface area contributed by atoms with E-state index in [9.17, 15) is 18.0 Å². The van der Waals surface area contributed by atoms with Gasteiger partial charge in [0.1, 0.15) is 5.75 Å². The number of ether oxygens (including phenoxy) is 1. The first-order valence-corrected chi connectivity index (χ1v) is 9.54. The summed E-state index contributed by atoms with van der Waals surface area (Å²) in [7, 11) is -2.56. The summed E-state index contributed by atoms with van der Waals surface area (Å²) in [6.07, 6.45) is 0. The minimum Gasteiger partial charge on any atom is -0.496 e. The Morgan fingerprint density at radius 3 is 2.22 bits per heavy atom. The lowest BCUT2D eigenvalue weighted by Crippen LogP contribution is -2.30. The molecule has 0 aliphatic rings. The minimum atomic E-state index is -3.96. The highest BCUT2D eigenvalue weighted by Crippen LogP contribution is 2.24. The van der Waals surface area contributed by atoms with Crippen LogP contribution in [0.5, 0.6) is 5.75 Å². The van der Waals surface area contributed by atoms with Crippen molar-refractivity contribution in [1.82, 2.24) is 5.32 Å². The van der Waals surface area contributed by atoms with Crippen molar-refractivity contribution in [1.29, 1.82) is 0 Å². The zero-order valence-corrected chi connectivity index (χ0v) is 16.0. The third-order valence-corrected chi connectivity index (χ3v) is 4.95. The molecule has 4 N–H and O–H groups in total. The number of carbonyl (C=O) groups excluding carboxylic acids is 2. The molecule has 9 heteroatoms. The minimum absolute atomic E-state index is 0.101. The van der Waals surface area contributed by atoms with E-state index in [1.54, 1.807) is 13.8 Å². The molecular formula is C18H21N3O5S. The number of carbonyl (C=O) groups is 2. The van der Waals surface area contributed by atoms with E-state index < -0.39 is 21.8 Å². The number of hydrogen-bond donors (Lipinski definition) is 3. The van der Waals surface area contributed by atoms with Gasteiger partial charge in [0.25, 0.3) is 15.9 Å². The molecule has 0 atom stereocenters. The smallest absolute Gasteiger partial charge is 0.261 e. The number of sulfonamides is 1. The Morgan fingerprint density at radius 1 is 1.07 bits per heavy atom.